The molecule has 1 aromatic rings. The highest BCUT2D eigenvalue weighted by atomic mass is 79.9. The monoisotopic (exact) mass is 411 g/mol. The van der Waals surface area contributed by atoms with Crippen LogP contribution in [0.2, 0.25) is 0 Å². The zero-order valence-electron chi connectivity index (χ0n) is 15.9. The Kier molecular flexibility index (Phi) is 14.4. The molecule has 142 valence electrons. The van der Waals surface area contributed by atoms with Crippen molar-refractivity contribution in [1.29, 1.82) is 0 Å². The van der Waals surface area contributed by atoms with Crippen molar-refractivity contribution in [2.75, 3.05) is 0 Å². The van der Waals surface area contributed by atoms with Gasteiger partial charge in [-0.05, 0) is 19.4 Å². The number of carbonyl (C=O) groups excluding carboxylic acids is 1. The van der Waals surface area contributed by atoms with Gasteiger partial charge < -0.3 is 17.0 Å². The van der Waals surface area contributed by atoms with E-state index in [2.05, 4.69) is 13.5 Å². The highest BCUT2D eigenvalue weighted by Crippen LogP contribution is 2.11. The molecule has 0 spiro atoms. The molecule has 0 atom stereocenters. The van der Waals surface area contributed by atoms with E-state index in [9.17, 15) is 4.79 Å². The van der Waals surface area contributed by atoms with E-state index in [1.165, 1.54) is 57.8 Å². The Labute approximate surface area is 164 Å². The van der Waals surface area contributed by atoms with E-state index in [0.29, 0.717) is 5.57 Å². The van der Waals surface area contributed by atoms with Crippen LogP contribution in [0, 0.1) is 0 Å². The molecule has 25 heavy (non-hydrogen) atoms. The molecular formula is C21H34BrNO2. The summed E-state index contributed by atoms with van der Waals surface area (Å²) in [4.78, 5) is 17.0. The Morgan fingerprint density at radius 2 is 1.56 bits per heavy atom. The fourth-order valence-electron chi connectivity index (χ4n) is 2.71. The number of carbonyl (C=O) groups is 1. The predicted molar refractivity (Wildman–Crippen MR) is 98.6 cm³/mol. The van der Waals surface area contributed by atoms with Crippen molar-refractivity contribution < 1.29 is 31.3 Å². The zero-order valence-corrected chi connectivity index (χ0v) is 17.5. The topological polar surface area (TPSA) is 30.2 Å². The molecule has 0 aliphatic carbocycles. The molecule has 1 rings (SSSR count). The van der Waals surface area contributed by atoms with Gasteiger partial charge in [0.25, 0.3) is 0 Å². The largest absolute Gasteiger partial charge is 1.00 e. The van der Waals surface area contributed by atoms with Crippen LogP contribution in [0.3, 0.4) is 0 Å². The second-order valence-electron chi connectivity index (χ2n) is 6.61. The van der Waals surface area contributed by atoms with Crippen LogP contribution in [-0.2, 0) is 11.2 Å². The van der Waals surface area contributed by atoms with Gasteiger partial charge in [-0.25, -0.2) is 4.79 Å². The van der Waals surface area contributed by atoms with E-state index >= 15 is 0 Å². The average Bonchev–Trinajstić information content (AvgIpc) is 2.57. The number of aromatic nitrogens is 1. The van der Waals surface area contributed by atoms with Gasteiger partial charge in [0.15, 0.2) is 0 Å². The fourth-order valence-corrected chi connectivity index (χ4v) is 2.71. The van der Waals surface area contributed by atoms with Crippen molar-refractivity contribution in [3.8, 4) is 0 Å². The normalized spacial score (nSPS) is 10.2. The summed E-state index contributed by atoms with van der Waals surface area (Å²) in [6.07, 6.45) is 16.0. The summed E-state index contributed by atoms with van der Waals surface area (Å²) < 4.78 is 1.57. The maximum atomic E-state index is 11.7. The number of hydrogen-bond acceptors (Lipinski definition) is 2. The lowest BCUT2D eigenvalue weighted by Gasteiger charge is -2.03. The van der Waals surface area contributed by atoms with Gasteiger partial charge in [-0.15, -0.1) is 0 Å². The lowest BCUT2D eigenvalue weighted by Crippen LogP contribution is -3.00. The Morgan fingerprint density at radius 3 is 2.12 bits per heavy atom. The van der Waals surface area contributed by atoms with E-state index in [0.717, 1.165) is 18.5 Å². The van der Waals surface area contributed by atoms with Gasteiger partial charge in [-0.2, -0.15) is 4.84 Å². The van der Waals surface area contributed by atoms with E-state index in [1.54, 1.807) is 17.9 Å². The Hall–Kier alpha value is -1.16. The summed E-state index contributed by atoms with van der Waals surface area (Å²) in [6.45, 7) is 7.54. The Bertz CT molecular complexity index is 502. The lowest BCUT2D eigenvalue weighted by molar-refractivity contribution is -0.874. The molecule has 3 nitrogen and oxygen atoms in total. The minimum atomic E-state index is -0.379. The molecule has 0 amide bonds. The molecule has 0 aromatic carbocycles. The van der Waals surface area contributed by atoms with Crippen molar-refractivity contribution in [1.82, 2.24) is 0 Å². The lowest BCUT2D eigenvalue weighted by atomic mass is 10.1. The van der Waals surface area contributed by atoms with Crippen molar-refractivity contribution >= 4 is 5.97 Å². The summed E-state index contributed by atoms with van der Waals surface area (Å²) >= 11 is 0. The van der Waals surface area contributed by atoms with Gasteiger partial charge in [0.05, 0.1) is 0 Å². The highest BCUT2D eigenvalue weighted by molar-refractivity contribution is 5.86. The van der Waals surface area contributed by atoms with Crippen LogP contribution in [0.1, 0.15) is 83.7 Å². The van der Waals surface area contributed by atoms with Gasteiger partial charge in [0.2, 0.25) is 11.9 Å². The predicted octanol–water partition coefficient (Wildman–Crippen LogP) is 1.97. The van der Waals surface area contributed by atoms with Crippen LogP contribution in [0.4, 0.5) is 0 Å². The minimum absolute atomic E-state index is 0. The molecule has 0 N–H and O–H groups in total. The molecule has 1 heterocycles. The second-order valence-corrected chi connectivity index (χ2v) is 6.61. The van der Waals surface area contributed by atoms with Crippen LogP contribution in [0.15, 0.2) is 36.5 Å². The van der Waals surface area contributed by atoms with E-state index in [1.807, 2.05) is 18.2 Å². The van der Waals surface area contributed by atoms with Crippen LogP contribution >= 0.6 is 0 Å². The molecule has 0 bridgehead atoms. The number of halogens is 1. The van der Waals surface area contributed by atoms with Gasteiger partial charge >= 0.3 is 5.97 Å². The number of pyridine rings is 1. The van der Waals surface area contributed by atoms with Crippen molar-refractivity contribution in [3.05, 3.63) is 42.2 Å². The number of aryl methyl sites for hydroxylation is 1. The quantitative estimate of drug-likeness (QED) is 0.282. The van der Waals surface area contributed by atoms with Crippen molar-refractivity contribution in [3.63, 3.8) is 0 Å². The number of unbranched alkanes of at least 4 members (excludes halogenated alkanes) is 9. The molecular weight excluding hydrogens is 378 g/mol. The Balaban J connectivity index is 0.00000576. The van der Waals surface area contributed by atoms with Crippen molar-refractivity contribution in [2.45, 2.75) is 84.5 Å². The molecule has 4 heteroatoms. The maximum Gasteiger partial charge on any atom is 0.406 e. The molecule has 0 aliphatic rings. The number of nitrogens with zero attached hydrogens (tertiary/aromatic N) is 1. The van der Waals surface area contributed by atoms with Crippen LogP contribution in [0.25, 0.3) is 0 Å². The smallest absolute Gasteiger partial charge is 0.406 e. The molecule has 0 unspecified atom stereocenters. The summed E-state index contributed by atoms with van der Waals surface area (Å²) in [6, 6.07) is 5.86. The van der Waals surface area contributed by atoms with Gasteiger partial charge in [0.1, 0.15) is 0 Å². The first-order chi connectivity index (χ1) is 11.6. The number of rotatable bonds is 13. The Morgan fingerprint density at radius 1 is 1.00 bits per heavy atom. The molecule has 0 aliphatic heterocycles. The molecule has 0 saturated heterocycles. The number of hydrogen-bond donors (Lipinski definition) is 0. The average molecular weight is 412 g/mol. The van der Waals surface area contributed by atoms with Crippen LogP contribution in [-0.4, -0.2) is 5.97 Å². The zero-order chi connectivity index (χ0) is 17.6. The summed E-state index contributed by atoms with van der Waals surface area (Å²) in [5.41, 5.74) is 1.45. The highest BCUT2D eigenvalue weighted by Gasteiger charge is 2.16. The van der Waals surface area contributed by atoms with E-state index in [-0.39, 0.29) is 23.0 Å². The first kappa shape index (κ1) is 23.8. The van der Waals surface area contributed by atoms with Gasteiger partial charge in [-0.3, -0.25) is 0 Å². The third-order valence-electron chi connectivity index (χ3n) is 4.22. The minimum Gasteiger partial charge on any atom is -1.00 e. The molecule has 0 radical (unpaired) electrons. The van der Waals surface area contributed by atoms with Gasteiger partial charge in [-0.1, -0.05) is 71.3 Å². The van der Waals surface area contributed by atoms with Gasteiger partial charge in [0, 0.05) is 28.9 Å². The molecule has 1 aromatic heterocycles. The second kappa shape index (κ2) is 15.1. The third kappa shape index (κ3) is 11.1. The van der Waals surface area contributed by atoms with Crippen molar-refractivity contribution in [2.24, 2.45) is 0 Å². The fraction of sp³-hybridized carbons (Fsp3) is 0.619. The standard InChI is InChI=1S/C21H34NO2.BrH/c1-4-5-6-7-8-9-10-11-12-13-16-20-17-14-15-18-22(20)24-21(23)19(2)3;/h14-15,17-18H,2,4-13,16H2,1,3H3;1H/q+1;/p-1. The summed E-state index contributed by atoms with van der Waals surface area (Å²) in [5.74, 6) is -0.379. The first-order valence-corrected chi connectivity index (χ1v) is 9.53. The summed E-state index contributed by atoms with van der Waals surface area (Å²) in [5, 5.41) is 0. The first-order valence-electron chi connectivity index (χ1n) is 9.53. The molecule has 0 saturated carbocycles. The maximum absolute atomic E-state index is 11.7. The van der Waals surface area contributed by atoms with E-state index < -0.39 is 0 Å². The summed E-state index contributed by atoms with van der Waals surface area (Å²) in [7, 11) is 0. The van der Waals surface area contributed by atoms with Crippen LogP contribution in [0.5, 0.6) is 0 Å². The SMILES string of the molecule is C=C(C)C(=O)O[n+]1ccccc1CCCCCCCCCCCC.[Br-]. The third-order valence-corrected chi connectivity index (χ3v) is 4.22. The van der Waals surface area contributed by atoms with Crippen LogP contribution < -0.4 is 26.5 Å². The molecule has 0 fully saturated rings. The van der Waals surface area contributed by atoms with E-state index in [4.69, 9.17) is 4.84 Å².